The van der Waals surface area contributed by atoms with Crippen LogP contribution in [0.15, 0.2) is 0 Å². The van der Waals surface area contributed by atoms with Crippen molar-refractivity contribution in [2.75, 3.05) is 0 Å². The third kappa shape index (κ3) is 17.9. The molecule has 0 aliphatic carbocycles. The van der Waals surface area contributed by atoms with Gasteiger partial charge in [-0.1, -0.05) is 117 Å². The van der Waals surface area contributed by atoms with E-state index >= 15 is 0 Å². The van der Waals surface area contributed by atoms with Gasteiger partial charge in [0.15, 0.2) is 0 Å². The minimum Gasteiger partial charge on any atom is -0.393 e. The molecule has 170 valence electrons. The van der Waals surface area contributed by atoms with Crippen LogP contribution in [0, 0.1) is 0 Å². The van der Waals surface area contributed by atoms with Crippen LogP contribution in [0.3, 0.4) is 0 Å². The topological polar surface area (TPSA) is 74.6 Å². The van der Waals surface area contributed by atoms with Crippen molar-refractivity contribution in [2.24, 2.45) is 0 Å². The highest BCUT2D eigenvalue weighted by Crippen LogP contribution is 2.19. The molecule has 5 heteroatoms. The number of unbranched alkanes of at least 4 members (excludes halogenated alkanes) is 14. The standard InChI is InChI=1S/C23H48O4S/c1-3-5-7-9-10-11-12-13-14-15-16-17-19-22(24)21-23(28(25,26)27)20-18-8-6-4-2/h22-24H,3-21H2,1-2H3,(H,25,26,27). The number of aliphatic hydroxyl groups is 1. The minimum absolute atomic E-state index is 0.170. The molecule has 0 aromatic rings. The lowest BCUT2D eigenvalue weighted by molar-refractivity contribution is 0.146. The zero-order valence-electron chi connectivity index (χ0n) is 18.7. The fourth-order valence-corrected chi connectivity index (χ4v) is 4.76. The second-order valence-electron chi connectivity index (χ2n) is 8.55. The monoisotopic (exact) mass is 420 g/mol. The van der Waals surface area contributed by atoms with Gasteiger partial charge in [0.1, 0.15) is 0 Å². The van der Waals surface area contributed by atoms with E-state index in [4.69, 9.17) is 0 Å². The maximum absolute atomic E-state index is 11.6. The van der Waals surface area contributed by atoms with Gasteiger partial charge in [0.25, 0.3) is 10.1 Å². The molecule has 0 spiro atoms. The van der Waals surface area contributed by atoms with Crippen LogP contribution in [-0.2, 0) is 10.1 Å². The molecule has 0 heterocycles. The Morgan fingerprint density at radius 3 is 1.39 bits per heavy atom. The fourth-order valence-electron chi connectivity index (χ4n) is 3.83. The van der Waals surface area contributed by atoms with Crippen molar-refractivity contribution < 1.29 is 18.1 Å². The van der Waals surface area contributed by atoms with Crippen LogP contribution in [0.1, 0.15) is 136 Å². The molecule has 0 rings (SSSR count). The van der Waals surface area contributed by atoms with Gasteiger partial charge in [-0.15, -0.1) is 0 Å². The van der Waals surface area contributed by atoms with Gasteiger partial charge in [0.2, 0.25) is 0 Å². The molecule has 4 nitrogen and oxygen atoms in total. The van der Waals surface area contributed by atoms with E-state index in [0.717, 1.165) is 38.5 Å². The van der Waals surface area contributed by atoms with E-state index < -0.39 is 21.5 Å². The Hall–Kier alpha value is -0.130. The lowest BCUT2D eigenvalue weighted by Crippen LogP contribution is -2.26. The Bertz CT molecular complexity index is 422. The molecule has 0 aromatic heterocycles. The van der Waals surface area contributed by atoms with Gasteiger partial charge >= 0.3 is 0 Å². The number of hydrogen-bond donors (Lipinski definition) is 2. The summed E-state index contributed by atoms with van der Waals surface area (Å²) in [6, 6.07) is 0. The van der Waals surface area contributed by atoms with Crippen LogP contribution >= 0.6 is 0 Å². The van der Waals surface area contributed by atoms with Crippen molar-refractivity contribution in [3.8, 4) is 0 Å². The van der Waals surface area contributed by atoms with Crippen molar-refractivity contribution in [3.63, 3.8) is 0 Å². The van der Waals surface area contributed by atoms with Gasteiger partial charge < -0.3 is 5.11 Å². The first-order valence-electron chi connectivity index (χ1n) is 12.1. The van der Waals surface area contributed by atoms with Crippen LogP contribution in [0.2, 0.25) is 0 Å². The summed E-state index contributed by atoms with van der Waals surface area (Å²) in [5.74, 6) is 0. The maximum atomic E-state index is 11.6. The normalized spacial score (nSPS) is 14.3. The molecule has 0 aliphatic heterocycles. The molecule has 2 atom stereocenters. The highest BCUT2D eigenvalue weighted by atomic mass is 32.2. The number of hydrogen-bond acceptors (Lipinski definition) is 3. The van der Waals surface area contributed by atoms with E-state index in [9.17, 15) is 18.1 Å². The molecule has 0 aromatic carbocycles. The van der Waals surface area contributed by atoms with E-state index in [1.54, 1.807) is 0 Å². The molecule has 0 saturated heterocycles. The van der Waals surface area contributed by atoms with Gasteiger partial charge in [0, 0.05) is 0 Å². The van der Waals surface area contributed by atoms with Crippen LogP contribution in [0.4, 0.5) is 0 Å². The molecule has 2 N–H and O–H groups in total. The average molecular weight is 421 g/mol. The maximum Gasteiger partial charge on any atom is 0.267 e. The highest BCUT2D eigenvalue weighted by molar-refractivity contribution is 7.86. The minimum atomic E-state index is -4.06. The van der Waals surface area contributed by atoms with Crippen molar-refractivity contribution >= 4 is 10.1 Å². The van der Waals surface area contributed by atoms with Crippen LogP contribution in [-0.4, -0.2) is 29.4 Å². The Labute approximate surface area is 175 Å². The fraction of sp³-hybridized carbons (Fsp3) is 1.00. The van der Waals surface area contributed by atoms with E-state index in [0.29, 0.717) is 12.8 Å². The predicted octanol–water partition coefficient (Wildman–Crippen LogP) is 7.06. The van der Waals surface area contributed by atoms with Gasteiger partial charge in [-0.05, 0) is 19.3 Å². The quantitative estimate of drug-likeness (QED) is 0.154. The van der Waals surface area contributed by atoms with Crippen LogP contribution in [0.25, 0.3) is 0 Å². The molecule has 0 bridgehead atoms. The van der Waals surface area contributed by atoms with Crippen molar-refractivity contribution in [1.82, 2.24) is 0 Å². The largest absolute Gasteiger partial charge is 0.393 e. The third-order valence-electron chi connectivity index (χ3n) is 5.73. The summed E-state index contributed by atoms with van der Waals surface area (Å²) in [5.41, 5.74) is 0. The number of aliphatic hydroxyl groups excluding tert-OH is 1. The van der Waals surface area contributed by atoms with Gasteiger partial charge in [-0.3, -0.25) is 4.55 Å². The molecule has 0 amide bonds. The Morgan fingerprint density at radius 2 is 0.964 bits per heavy atom. The molecular formula is C23H48O4S. The molecule has 0 saturated carbocycles. The lowest BCUT2D eigenvalue weighted by atomic mass is 10.0. The van der Waals surface area contributed by atoms with Crippen molar-refractivity contribution in [2.45, 2.75) is 147 Å². The first-order valence-corrected chi connectivity index (χ1v) is 13.6. The second-order valence-corrected chi connectivity index (χ2v) is 10.3. The summed E-state index contributed by atoms with van der Waals surface area (Å²) in [7, 11) is -4.06. The smallest absolute Gasteiger partial charge is 0.267 e. The molecule has 0 aliphatic rings. The summed E-state index contributed by atoms with van der Waals surface area (Å²) in [5, 5.41) is 9.36. The van der Waals surface area contributed by atoms with Gasteiger partial charge in [-0.2, -0.15) is 8.42 Å². The lowest BCUT2D eigenvalue weighted by Gasteiger charge is -2.18. The highest BCUT2D eigenvalue weighted by Gasteiger charge is 2.25. The van der Waals surface area contributed by atoms with E-state index in [2.05, 4.69) is 13.8 Å². The second kappa shape index (κ2) is 18.9. The predicted molar refractivity (Wildman–Crippen MR) is 120 cm³/mol. The SMILES string of the molecule is CCCCCCCCCCCCCCC(O)CC(CCCCCC)S(=O)(=O)O. The van der Waals surface area contributed by atoms with Gasteiger partial charge in [-0.25, -0.2) is 0 Å². The Kier molecular flexibility index (Phi) is 18.8. The first-order chi connectivity index (χ1) is 13.4. The Balaban J connectivity index is 3.68. The van der Waals surface area contributed by atoms with Crippen molar-refractivity contribution in [1.29, 1.82) is 0 Å². The number of rotatable bonds is 21. The summed E-state index contributed by atoms with van der Waals surface area (Å²) < 4.78 is 32.5. The summed E-state index contributed by atoms with van der Waals surface area (Å²) in [6.07, 6.45) is 19.9. The van der Waals surface area contributed by atoms with Crippen LogP contribution < -0.4 is 0 Å². The molecule has 0 fully saturated rings. The van der Waals surface area contributed by atoms with Crippen LogP contribution in [0.5, 0.6) is 0 Å². The summed E-state index contributed by atoms with van der Waals surface area (Å²) in [4.78, 5) is 0. The first kappa shape index (κ1) is 27.9. The Morgan fingerprint density at radius 1 is 0.607 bits per heavy atom. The average Bonchev–Trinajstić information content (AvgIpc) is 2.64. The molecule has 2 unspecified atom stereocenters. The summed E-state index contributed by atoms with van der Waals surface area (Å²) in [6.45, 7) is 4.36. The third-order valence-corrected chi connectivity index (χ3v) is 7.00. The van der Waals surface area contributed by atoms with E-state index in [1.807, 2.05) is 0 Å². The summed E-state index contributed by atoms with van der Waals surface area (Å²) >= 11 is 0. The van der Waals surface area contributed by atoms with Gasteiger partial charge in [0.05, 0.1) is 11.4 Å². The molecule has 28 heavy (non-hydrogen) atoms. The molecule has 0 radical (unpaired) electrons. The molecular weight excluding hydrogens is 372 g/mol. The van der Waals surface area contributed by atoms with E-state index in [-0.39, 0.29) is 6.42 Å². The van der Waals surface area contributed by atoms with Crippen molar-refractivity contribution in [3.05, 3.63) is 0 Å². The zero-order chi connectivity index (χ0) is 21.1. The zero-order valence-corrected chi connectivity index (χ0v) is 19.5. The van der Waals surface area contributed by atoms with E-state index in [1.165, 1.54) is 64.2 Å².